The molecule has 2 heterocycles. The fourth-order valence-electron chi connectivity index (χ4n) is 1.96. The molecule has 0 unspecified atom stereocenters. The van der Waals surface area contributed by atoms with Gasteiger partial charge < -0.3 is 16.0 Å². The van der Waals surface area contributed by atoms with Gasteiger partial charge >= 0.3 is 0 Å². The van der Waals surface area contributed by atoms with Gasteiger partial charge in [0.1, 0.15) is 10.7 Å². The minimum absolute atomic E-state index is 0.205. The van der Waals surface area contributed by atoms with Gasteiger partial charge in [-0.05, 0) is 6.42 Å². The van der Waals surface area contributed by atoms with Crippen LogP contribution in [0.25, 0.3) is 0 Å². The minimum atomic E-state index is -0.205. The van der Waals surface area contributed by atoms with Gasteiger partial charge in [0.05, 0.1) is 5.69 Å². The van der Waals surface area contributed by atoms with Crippen LogP contribution in [0.4, 0.5) is 10.9 Å². The minimum Gasteiger partial charge on any atom is -0.382 e. The van der Waals surface area contributed by atoms with Crippen molar-refractivity contribution in [1.29, 1.82) is 0 Å². The zero-order valence-electron chi connectivity index (χ0n) is 12.7. The highest BCUT2D eigenvalue weighted by Gasteiger charge is 2.17. The quantitative estimate of drug-likeness (QED) is 0.861. The lowest BCUT2D eigenvalue weighted by Gasteiger charge is -2.05. The van der Waals surface area contributed by atoms with Crippen LogP contribution in [0, 0.1) is 0 Å². The van der Waals surface area contributed by atoms with Crippen molar-refractivity contribution in [2.24, 2.45) is 7.05 Å². The van der Waals surface area contributed by atoms with E-state index in [4.69, 9.17) is 5.73 Å². The molecular weight excluding hydrogens is 288 g/mol. The molecule has 0 aliphatic heterocycles. The summed E-state index contributed by atoms with van der Waals surface area (Å²) in [6, 6.07) is 0. The van der Waals surface area contributed by atoms with Crippen molar-refractivity contribution >= 4 is 28.2 Å². The number of nitrogen functional groups attached to an aromatic ring is 1. The Morgan fingerprint density at radius 3 is 2.81 bits per heavy atom. The molecule has 0 bridgehead atoms. The van der Waals surface area contributed by atoms with Gasteiger partial charge in [-0.1, -0.05) is 18.3 Å². The summed E-state index contributed by atoms with van der Waals surface area (Å²) in [4.78, 5) is 18.7. The van der Waals surface area contributed by atoms with E-state index in [1.165, 1.54) is 11.3 Å². The smallest absolute Gasteiger partial charge is 0.265 e. The number of hydrogen-bond acceptors (Lipinski definition) is 6. The average molecular weight is 308 g/mol. The Morgan fingerprint density at radius 1 is 1.52 bits per heavy atom. The van der Waals surface area contributed by atoms with Gasteiger partial charge in [0.2, 0.25) is 0 Å². The molecule has 0 aliphatic rings. The number of carbonyl (C=O) groups excluding carboxylic acids is 1. The molecule has 3 N–H and O–H groups in total. The van der Waals surface area contributed by atoms with E-state index < -0.39 is 0 Å². The summed E-state index contributed by atoms with van der Waals surface area (Å²) < 4.78 is 1.76. The Kier molecular flexibility index (Phi) is 4.46. The molecular formula is C13H20N6OS. The summed E-state index contributed by atoms with van der Waals surface area (Å²) in [5.41, 5.74) is 7.81. The molecule has 0 fully saturated rings. The summed E-state index contributed by atoms with van der Waals surface area (Å²) in [6.07, 6.45) is 2.75. The number of carbonyl (C=O) groups is 1. The van der Waals surface area contributed by atoms with Crippen LogP contribution in [0.5, 0.6) is 0 Å². The molecule has 2 aromatic heterocycles. The third kappa shape index (κ3) is 3.33. The fourth-order valence-corrected chi connectivity index (χ4v) is 2.78. The molecule has 2 aromatic rings. The third-order valence-corrected chi connectivity index (χ3v) is 4.23. The van der Waals surface area contributed by atoms with Gasteiger partial charge in [0.15, 0.2) is 5.13 Å². The van der Waals surface area contributed by atoms with Crippen molar-refractivity contribution in [2.45, 2.75) is 19.9 Å². The monoisotopic (exact) mass is 308 g/mol. The number of anilines is 2. The standard InChI is InChI=1S/C13H20N6OS/c1-5-9-8(7-19(4)17-9)6-15-12(20)10-11(14)16-13(21-10)18(2)3/h7H,5-6,14H2,1-4H3,(H,15,20). The number of hydrogen-bond donors (Lipinski definition) is 2. The molecule has 0 spiro atoms. The molecule has 0 atom stereocenters. The Labute approximate surface area is 127 Å². The largest absolute Gasteiger partial charge is 0.382 e. The Balaban J connectivity index is 2.08. The first kappa shape index (κ1) is 15.3. The second-order valence-corrected chi connectivity index (χ2v) is 5.89. The highest BCUT2D eigenvalue weighted by molar-refractivity contribution is 7.18. The third-order valence-electron chi connectivity index (χ3n) is 3.00. The molecule has 0 radical (unpaired) electrons. The predicted molar refractivity (Wildman–Crippen MR) is 84.6 cm³/mol. The summed E-state index contributed by atoms with van der Waals surface area (Å²) >= 11 is 1.28. The van der Waals surface area contributed by atoms with Crippen molar-refractivity contribution in [3.63, 3.8) is 0 Å². The first-order valence-corrected chi connectivity index (χ1v) is 7.47. The van der Waals surface area contributed by atoms with Crippen molar-refractivity contribution in [3.8, 4) is 0 Å². The van der Waals surface area contributed by atoms with E-state index in [0.717, 1.165) is 17.7 Å². The number of nitrogens with two attached hydrogens (primary N) is 1. The van der Waals surface area contributed by atoms with Crippen LogP contribution in [-0.4, -0.2) is 34.8 Å². The lowest BCUT2D eigenvalue weighted by atomic mass is 10.2. The van der Waals surface area contributed by atoms with Crippen LogP contribution in [-0.2, 0) is 20.0 Å². The lowest BCUT2D eigenvalue weighted by Crippen LogP contribution is -2.23. The maximum atomic E-state index is 12.2. The molecule has 114 valence electrons. The van der Waals surface area contributed by atoms with E-state index >= 15 is 0 Å². The maximum Gasteiger partial charge on any atom is 0.265 e. The predicted octanol–water partition coefficient (Wildman–Crippen LogP) is 1.02. The number of aryl methyl sites for hydroxylation is 2. The molecule has 0 saturated heterocycles. The highest BCUT2D eigenvalue weighted by Crippen LogP contribution is 2.26. The van der Waals surface area contributed by atoms with Crippen molar-refractivity contribution in [2.75, 3.05) is 24.7 Å². The maximum absolute atomic E-state index is 12.2. The van der Waals surface area contributed by atoms with Crippen LogP contribution in [0.2, 0.25) is 0 Å². The first-order valence-electron chi connectivity index (χ1n) is 6.65. The van der Waals surface area contributed by atoms with E-state index in [0.29, 0.717) is 16.6 Å². The fraction of sp³-hybridized carbons (Fsp3) is 0.462. The second kappa shape index (κ2) is 6.13. The number of nitrogens with zero attached hydrogens (tertiary/aromatic N) is 4. The highest BCUT2D eigenvalue weighted by atomic mass is 32.1. The van der Waals surface area contributed by atoms with Crippen LogP contribution in [0.15, 0.2) is 6.20 Å². The number of rotatable bonds is 5. The van der Waals surface area contributed by atoms with Crippen LogP contribution in [0.3, 0.4) is 0 Å². The van der Waals surface area contributed by atoms with Crippen LogP contribution >= 0.6 is 11.3 Å². The molecule has 0 aliphatic carbocycles. The topological polar surface area (TPSA) is 89.1 Å². The number of nitrogens with one attached hydrogen (secondary N) is 1. The Bertz CT molecular complexity index is 645. The summed E-state index contributed by atoms with van der Waals surface area (Å²) in [5, 5.41) is 7.94. The lowest BCUT2D eigenvalue weighted by molar-refractivity contribution is 0.0955. The van der Waals surface area contributed by atoms with Crippen LogP contribution in [0.1, 0.15) is 27.9 Å². The van der Waals surface area contributed by atoms with Crippen molar-refractivity contribution in [3.05, 3.63) is 22.3 Å². The second-order valence-electron chi connectivity index (χ2n) is 4.92. The van der Waals surface area contributed by atoms with Gasteiger partial charge in [0, 0.05) is 39.4 Å². The molecule has 1 amide bonds. The molecule has 7 nitrogen and oxygen atoms in total. The zero-order valence-corrected chi connectivity index (χ0v) is 13.5. The van der Waals surface area contributed by atoms with Gasteiger partial charge in [-0.15, -0.1) is 0 Å². The number of aromatic nitrogens is 3. The average Bonchev–Trinajstić information content (AvgIpc) is 2.99. The van der Waals surface area contributed by atoms with E-state index in [9.17, 15) is 4.79 Å². The molecule has 2 rings (SSSR count). The van der Waals surface area contributed by atoms with Crippen LogP contribution < -0.4 is 16.0 Å². The zero-order chi connectivity index (χ0) is 15.6. The first-order chi connectivity index (χ1) is 9.92. The summed E-state index contributed by atoms with van der Waals surface area (Å²) in [5.74, 6) is 0.0621. The van der Waals surface area contributed by atoms with Gasteiger partial charge in [0.25, 0.3) is 5.91 Å². The van der Waals surface area contributed by atoms with E-state index in [1.807, 2.05) is 39.2 Å². The SMILES string of the molecule is CCc1nn(C)cc1CNC(=O)c1sc(N(C)C)nc1N. The Hall–Kier alpha value is -2.09. The summed E-state index contributed by atoms with van der Waals surface area (Å²) in [6.45, 7) is 2.47. The molecule has 0 aromatic carbocycles. The van der Waals surface area contributed by atoms with Crippen molar-refractivity contribution < 1.29 is 4.79 Å². The Morgan fingerprint density at radius 2 is 2.24 bits per heavy atom. The molecule has 0 saturated carbocycles. The molecule has 8 heteroatoms. The summed E-state index contributed by atoms with van der Waals surface area (Å²) in [7, 11) is 5.60. The van der Waals surface area contributed by atoms with Crippen molar-refractivity contribution in [1.82, 2.24) is 20.1 Å². The van der Waals surface area contributed by atoms with Gasteiger partial charge in [-0.25, -0.2) is 4.98 Å². The molecule has 21 heavy (non-hydrogen) atoms. The van der Waals surface area contributed by atoms with Gasteiger partial charge in [-0.3, -0.25) is 9.48 Å². The van der Waals surface area contributed by atoms with E-state index in [-0.39, 0.29) is 11.7 Å². The van der Waals surface area contributed by atoms with Gasteiger partial charge in [-0.2, -0.15) is 5.10 Å². The number of thiazole rings is 1. The van der Waals surface area contributed by atoms with E-state index in [1.54, 1.807) is 4.68 Å². The number of amides is 1. The normalized spacial score (nSPS) is 10.7. The van der Waals surface area contributed by atoms with E-state index in [2.05, 4.69) is 15.4 Å².